The fraction of sp³-hybridized carbons (Fsp3) is 0.400. The molecule has 0 radical (unpaired) electrons. The minimum Gasteiger partial charge on any atom is -0.357 e. The van der Waals surface area contributed by atoms with Crippen LogP contribution in [0.3, 0.4) is 0 Å². The molecule has 0 unspecified atom stereocenters. The Morgan fingerprint density at radius 1 is 0.833 bits per heavy atom. The zero-order valence-corrected chi connectivity index (χ0v) is 17.2. The Kier molecular flexibility index (Phi) is 9.30. The molecule has 0 amide bonds. The largest absolute Gasteiger partial charge is 0.357 e. The fourth-order valence-electron chi connectivity index (χ4n) is 2.79. The van der Waals surface area contributed by atoms with Crippen LogP contribution < -0.4 is 10.6 Å². The summed E-state index contributed by atoms with van der Waals surface area (Å²) in [5.74, 6) is 0.0969. The van der Waals surface area contributed by atoms with Crippen molar-refractivity contribution in [3.05, 3.63) is 60.7 Å². The van der Waals surface area contributed by atoms with Gasteiger partial charge in [-0.3, -0.25) is 0 Å². The highest BCUT2D eigenvalue weighted by molar-refractivity contribution is 7.73. The van der Waals surface area contributed by atoms with Gasteiger partial charge in [-0.2, -0.15) is 0 Å². The van der Waals surface area contributed by atoms with Crippen molar-refractivity contribution in [3.63, 3.8) is 0 Å². The number of benzene rings is 2. The summed E-state index contributed by atoms with van der Waals surface area (Å²) in [7, 11) is -0.590. The van der Waals surface area contributed by atoms with E-state index in [9.17, 15) is 0 Å². The zero-order valence-electron chi connectivity index (χ0n) is 14.9. The second kappa shape index (κ2) is 11.5. The average Bonchev–Trinajstić information content (AvgIpc) is 2.63. The van der Waals surface area contributed by atoms with Crippen LogP contribution in [0.5, 0.6) is 0 Å². The molecule has 0 aliphatic heterocycles. The first-order valence-corrected chi connectivity index (χ1v) is 12.3. The summed E-state index contributed by atoms with van der Waals surface area (Å²) in [5, 5.41) is 2.96. The van der Waals surface area contributed by atoms with Gasteiger partial charge in [0.05, 0.1) is 9.52 Å². The third-order valence-corrected chi connectivity index (χ3v) is 8.37. The molecule has 0 aliphatic rings. The van der Waals surface area contributed by atoms with Crippen LogP contribution in [-0.4, -0.2) is 34.8 Å². The summed E-state index contributed by atoms with van der Waals surface area (Å²) in [4.78, 5) is 0. The molecular formula is C20H29O2PSi. The highest BCUT2D eigenvalue weighted by Crippen LogP contribution is 2.34. The van der Waals surface area contributed by atoms with Gasteiger partial charge in [0.1, 0.15) is 5.91 Å². The molecule has 2 aromatic rings. The molecule has 0 aromatic heterocycles. The van der Waals surface area contributed by atoms with Crippen molar-refractivity contribution in [1.82, 2.24) is 0 Å². The molecule has 2 nitrogen and oxygen atoms in total. The van der Waals surface area contributed by atoms with Gasteiger partial charge in [-0.25, -0.2) is 0 Å². The standard InChI is InChI=1S/C20H29O2PSi/c1-3-21-20(22-4-2)24-17-11-16-23(18-12-7-5-8-13-18)19-14-9-6-10-15-19/h5-10,12-15,20H,3-4,11,16-17,24H2,1-2H3. The van der Waals surface area contributed by atoms with Gasteiger partial charge in [-0.15, -0.1) is 0 Å². The minimum absolute atomic E-state index is 0.0969. The van der Waals surface area contributed by atoms with Crippen molar-refractivity contribution < 1.29 is 9.47 Å². The molecule has 130 valence electrons. The number of hydrogen-bond acceptors (Lipinski definition) is 2. The van der Waals surface area contributed by atoms with Crippen molar-refractivity contribution in [2.45, 2.75) is 32.2 Å². The molecule has 2 rings (SSSR count). The lowest BCUT2D eigenvalue weighted by molar-refractivity contribution is -0.0827. The van der Waals surface area contributed by atoms with Crippen LogP contribution in [0.1, 0.15) is 20.3 Å². The third kappa shape index (κ3) is 6.49. The van der Waals surface area contributed by atoms with E-state index in [0.29, 0.717) is 0 Å². The molecule has 4 heteroatoms. The molecule has 0 atom stereocenters. The summed E-state index contributed by atoms with van der Waals surface area (Å²) in [6, 6.07) is 23.2. The quantitative estimate of drug-likeness (QED) is 0.264. The third-order valence-electron chi connectivity index (χ3n) is 3.91. The fourth-order valence-corrected chi connectivity index (χ4v) is 7.31. The molecule has 0 bridgehead atoms. The molecule has 0 spiro atoms. The van der Waals surface area contributed by atoms with E-state index in [2.05, 4.69) is 60.7 Å². The molecule has 0 saturated carbocycles. The monoisotopic (exact) mass is 360 g/mol. The molecule has 0 saturated heterocycles. The van der Waals surface area contributed by atoms with Gasteiger partial charge in [-0.05, 0) is 38.5 Å². The Hall–Kier alpha value is -0.993. The smallest absolute Gasteiger partial charge is 0.134 e. The molecule has 0 N–H and O–H groups in total. The van der Waals surface area contributed by atoms with Crippen molar-refractivity contribution in [1.29, 1.82) is 0 Å². The lowest BCUT2D eigenvalue weighted by Gasteiger charge is -2.20. The van der Waals surface area contributed by atoms with E-state index in [4.69, 9.17) is 9.47 Å². The van der Waals surface area contributed by atoms with Crippen molar-refractivity contribution in [3.8, 4) is 0 Å². The van der Waals surface area contributed by atoms with E-state index in [1.54, 1.807) is 0 Å². The van der Waals surface area contributed by atoms with Gasteiger partial charge in [0, 0.05) is 13.2 Å². The van der Waals surface area contributed by atoms with Crippen LogP contribution >= 0.6 is 7.92 Å². The Morgan fingerprint density at radius 3 is 1.79 bits per heavy atom. The maximum atomic E-state index is 5.70. The van der Waals surface area contributed by atoms with Gasteiger partial charge < -0.3 is 9.47 Å². The predicted molar refractivity (Wildman–Crippen MR) is 109 cm³/mol. The van der Waals surface area contributed by atoms with Crippen LogP contribution in [0.15, 0.2) is 60.7 Å². The lowest BCUT2D eigenvalue weighted by Crippen LogP contribution is -2.24. The van der Waals surface area contributed by atoms with E-state index in [-0.39, 0.29) is 23.4 Å². The molecule has 2 aromatic carbocycles. The van der Waals surface area contributed by atoms with Crippen LogP contribution in [0, 0.1) is 0 Å². The first kappa shape index (κ1) is 19.3. The summed E-state index contributed by atoms with van der Waals surface area (Å²) >= 11 is 0. The van der Waals surface area contributed by atoms with Crippen molar-refractivity contribution in [2.24, 2.45) is 0 Å². The summed E-state index contributed by atoms with van der Waals surface area (Å²) < 4.78 is 11.4. The predicted octanol–water partition coefficient (Wildman–Crippen LogP) is 3.45. The van der Waals surface area contributed by atoms with Crippen LogP contribution in [0.2, 0.25) is 6.04 Å². The summed E-state index contributed by atoms with van der Waals surface area (Å²) in [6.07, 6.45) is 2.51. The van der Waals surface area contributed by atoms with E-state index in [1.807, 2.05) is 13.8 Å². The summed E-state index contributed by atoms with van der Waals surface area (Å²) in [6.45, 7) is 5.59. The van der Waals surface area contributed by atoms with E-state index >= 15 is 0 Å². The van der Waals surface area contributed by atoms with Gasteiger partial charge >= 0.3 is 0 Å². The van der Waals surface area contributed by atoms with Crippen molar-refractivity contribution in [2.75, 3.05) is 19.4 Å². The first-order chi connectivity index (χ1) is 11.8. The molecule has 24 heavy (non-hydrogen) atoms. The molecule has 0 fully saturated rings. The lowest BCUT2D eigenvalue weighted by atomic mass is 10.4. The Balaban J connectivity index is 1.92. The molecule has 0 aliphatic carbocycles. The zero-order chi connectivity index (χ0) is 17.0. The minimum atomic E-state index is -0.333. The Morgan fingerprint density at radius 2 is 1.33 bits per heavy atom. The first-order valence-electron chi connectivity index (χ1n) is 8.96. The van der Waals surface area contributed by atoms with Crippen LogP contribution in [0.25, 0.3) is 0 Å². The number of ether oxygens (including phenoxy) is 2. The average molecular weight is 361 g/mol. The number of rotatable bonds is 11. The van der Waals surface area contributed by atoms with E-state index in [0.717, 1.165) is 13.2 Å². The second-order valence-electron chi connectivity index (χ2n) is 5.66. The second-order valence-corrected chi connectivity index (χ2v) is 9.95. The van der Waals surface area contributed by atoms with E-state index < -0.39 is 0 Å². The van der Waals surface area contributed by atoms with Gasteiger partial charge in [0.2, 0.25) is 0 Å². The summed E-state index contributed by atoms with van der Waals surface area (Å²) in [5.41, 5.74) is 0. The van der Waals surface area contributed by atoms with E-state index in [1.165, 1.54) is 29.2 Å². The normalized spacial score (nSPS) is 11.8. The van der Waals surface area contributed by atoms with Gasteiger partial charge in [0.15, 0.2) is 0 Å². The topological polar surface area (TPSA) is 18.5 Å². The maximum Gasteiger partial charge on any atom is 0.134 e. The molecular weight excluding hydrogens is 331 g/mol. The van der Waals surface area contributed by atoms with Gasteiger partial charge in [-0.1, -0.05) is 73.1 Å². The maximum absolute atomic E-state index is 5.70. The number of hydrogen-bond donors (Lipinski definition) is 0. The van der Waals surface area contributed by atoms with Gasteiger partial charge in [0.25, 0.3) is 0 Å². The Labute approximate surface area is 150 Å². The van der Waals surface area contributed by atoms with Crippen LogP contribution in [-0.2, 0) is 9.47 Å². The van der Waals surface area contributed by atoms with Crippen LogP contribution in [0.4, 0.5) is 0 Å². The Bertz CT molecular complexity index is 505. The van der Waals surface area contributed by atoms with Crippen molar-refractivity contribution >= 4 is 28.1 Å². The highest BCUT2D eigenvalue weighted by Gasteiger charge is 2.14. The highest BCUT2D eigenvalue weighted by atomic mass is 31.1. The SMILES string of the molecule is CCOC(OCC)[SiH2]CCCP(c1ccccc1)c1ccccc1. The molecule has 0 heterocycles.